The van der Waals surface area contributed by atoms with Gasteiger partial charge in [0.1, 0.15) is 0 Å². The molecule has 2 aliphatic rings. The van der Waals surface area contributed by atoms with E-state index < -0.39 is 5.97 Å². The van der Waals surface area contributed by atoms with E-state index in [0.717, 1.165) is 16.9 Å². The first-order valence-corrected chi connectivity index (χ1v) is 5.28. The first-order valence-electron chi connectivity index (χ1n) is 5.28. The van der Waals surface area contributed by atoms with E-state index in [1.165, 1.54) is 6.92 Å². The largest absolute Gasteiger partial charge is 0.331 e. The van der Waals surface area contributed by atoms with Crippen molar-refractivity contribution in [3.8, 4) is 6.07 Å². The van der Waals surface area contributed by atoms with Gasteiger partial charge in [-0.1, -0.05) is 19.0 Å². The molecule has 1 saturated carbocycles. The highest BCUT2D eigenvalue weighted by atomic mass is 16.7. The number of nitriles is 1. The lowest BCUT2D eigenvalue weighted by Gasteiger charge is -2.10. The maximum absolute atomic E-state index is 10.7. The van der Waals surface area contributed by atoms with Crippen LogP contribution in [0.25, 0.3) is 0 Å². The molecule has 0 heterocycles. The molecule has 0 spiro atoms. The highest BCUT2D eigenvalue weighted by Gasteiger charge is 2.66. The van der Waals surface area contributed by atoms with Gasteiger partial charge in [0.05, 0.1) is 11.8 Å². The lowest BCUT2D eigenvalue weighted by molar-refractivity contribution is -0.140. The summed E-state index contributed by atoms with van der Waals surface area (Å²) < 4.78 is 0. The molecule has 0 amide bonds. The van der Waals surface area contributed by atoms with E-state index in [2.05, 4.69) is 29.9 Å². The lowest BCUT2D eigenvalue weighted by atomic mass is 9.95. The van der Waals surface area contributed by atoms with Crippen molar-refractivity contribution in [3.63, 3.8) is 0 Å². The molecule has 2 rings (SSSR count). The van der Waals surface area contributed by atoms with Gasteiger partial charge in [0.15, 0.2) is 0 Å². The third-order valence-corrected chi connectivity index (χ3v) is 3.61. The van der Waals surface area contributed by atoms with Gasteiger partial charge in [0.2, 0.25) is 0 Å². The molecule has 2 atom stereocenters. The van der Waals surface area contributed by atoms with Crippen LogP contribution in [0.5, 0.6) is 0 Å². The molecule has 0 N–H and O–H groups in total. The molecular weight excluding hydrogens is 204 g/mol. The molecule has 0 radical (unpaired) electrons. The minimum absolute atomic E-state index is 0.0730. The molecule has 0 aliphatic heterocycles. The van der Waals surface area contributed by atoms with E-state index in [9.17, 15) is 4.79 Å². The summed E-state index contributed by atoms with van der Waals surface area (Å²) in [6, 6.07) is 2.24. The molecule has 0 aromatic carbocycles. The number of hydrogen-bond donors (Lipinski definition) is 0. The van der Waals surface area contributed by atoms with Gasteiger partial charge in [-0.2, -0.15) is 5.26 Å². The van der Waals surface area contributed by atoms with Crippen molar-refractivity contribution < 1.29 is 9.63 Å². The fraction of sp³-hybridized carbons (Fsp3) is 0.583. The number of carbonyl (C=O) groups excluding carboxylic acids is 1. The summed E-state index contributed by atoms with van der Waals surface area (Å²) in [6.07, 6.45) is 0. The fourth-order valence-electron chi connectivity index (χ4n) is 2.68. The van der Waals surface area contributed by atoms with E-state index >= 15 is 0 Å². The number of oxime groups is 1. The Morgan fingerprint density at radius 3 is 2.56 bits per heavy atom. The first-order chi connectivity index (χ1) is 7.41. The van der Waals surface area contributed by atoms with Crippen molar-refractivity contribution in [3.05, 3.63) is 11.1 Å². The Morgan fingerprint density at radius 1 is 1.50 bits per heavy atom. The Morgan fingerprint density at radius 2 is 2.12 bits per heavy atom. The van der Waals surface area contributed by atoms with Crippen LogP contribution < -0.4 is 0 Å². The number of rotatable bonds is 1. The Balaban J connectivity index is 2.35. The topological polar surface area (TPSA) is 62.4 Å². The second kappa shape index (κ2) is 3.18. The normalized spacial score (nSPS) is 32.3. The predicted molar refractivity (Wildman–Crippen MR) is 58.3 cm³/mol. The third kappa shape index (κ3) is 1.28. The van der Waals surface area contributed by atoms with Gasteiger partial charge in [-0.3, -0.25) is 0 Å². The minimum atomic E-state index is -0.430. The second-order valence-corrected chi connectivity index (χ2v) is 4.99. The summed E-state index contributed by atoms with van der Waals surface area (Å²) in [5.41, 5.74) is 2.50. The van der Waals surface area contributed by atoms with Crippen molar-refractivity contribution in [1.82, 2.24) is 0 Å². The Hall–Kier alpha value is -1.63. The SMILES string of the molecule is CC(=O)O/N=C1\C(C)=C(C#N)[C@@H]2[C@@H]1C2(C)C. The molecule has 1 fully saturated rings. The van der Waals surface area contributed by atoms with Crippen LogP contribution in [0.1, 0.15) is 27.7 Å². The maximum Gasteiger partial charge on any atom is 0.331 e. The van der Waals surface area contributed by atoms with Gasteiger partial charge in [-0.25, -0.2) is 4.79 Å². The standard InChI is InChI=1S/C12H14N2O2/c1-6-8(5-13)9-10(12(9,3)4)11(6)14-16-7(2)15/h9-10H,1-4H3/b14-11+/t9-,10+/m1/s1. The molecule has 0 aromatic heterocycles. The summed E-state index contributed by atoms with van der Waals surface area (Å²) in [5, 5.41) is 13.0. The molecule has 0 unspecified atom stereocenters. The van der Waals surface area contributed by atoms with E-state index in [-0.39, 0.29) is 17.3 Å². The van der Waals surface area contributed by atoms with Crippen LogP contribution in [0, 0.1) is 28.6 Å². The number of hydrogen-bond acceptors (Lipinski definition) is 4. The summed E-state index contributed by atoms with van der Waals surface area (Å²) in [6.45, 7) is 7.40. The number of nitrogens with zero attached hydrogens (tertiary/aromatic N) is 2. The lowest BCUT2D eigenvalue weighted by Crippen LogP contribution is -2.10. The van der Waals surface area contributed by atoms with Crippen LogP contribution in [0.3, 0.4) is 0 Å². The molecule has 16 heavy (non-hydrogen) atoms. The van der Waals surface area contributed by atoms with Crippen LogP contribution in [0.2, 0.25) is 0 Å². The minimum Gasteiger partial charge on any atom is -0.318 e. The smallest absolute Gasteiger partial charge is 0.318 e. The van der Waals surface area contributed by atoms with Crippen LogP contribution in [0.15, 0.2) is 16.3 Å². The number of allylic oxidation sites excluding steroid dienone is 2. The van der Waals surface area contributed by atoms with Gasteiger partial charge < -0.3 is 4.84 Å². The number of fused-ring (bicyclic) bond motifs is 1. The average Bonchev–Trinajstić information content (AvgIpc) is 2.61. The van der Waals surface area contributed by atoms with Crippen LogP contribution in [-0.4, -0.2) is 11.7 Å². The summed E-state index contributed by atoms with van der Waals surface area (Å²) >= 11 is 0. The maximum atomic E-state index is 10.7. The molecule has 0 saturated heterocycles. The third-order valence-electron chi connectivity index (χ3n) is 3.61. The van der Waals surface area contributed by atoms with Crippen molar-refractivity contribution in [1.29, 1.82) is 5.26 Å². The van der Waals surface area contributed by atoms with Crippen LogP contribution in [0.4, 0.5) is 0 Å². The zero-order chi connectivity index (χ0) is 12.1. The van der Waals surface area contributed by atoms with Gasteiger partial charge in [0.25, 0.3) is 0 Å². The van der Waals surface area contributed by atoms with Crippen molar-refractivity contribution in [2.24, 2.45) is 22.4 Å². The molecule has 4 heteroatoms. The molecule has 84 valence electrons. The highest BCUT2D eigenvalue weighted by Crippen LogP contribution is 2.67. The highest BCUT2D eigenvalue weighted by molar-refractivity contribution is 6.09. The summed E-state index contributed by atoms with van der Waals surface area (Å²) in [7, 11) is 0. The van der Waals surface area contributed by atoms with E-state index in [4.69, 9.17) is 5.26 Å². The number of carbonyl (C=O) groups is 1. The quantitative estimate of drug-likeness (QED) is 0.499. The average molecular weight is 218 g/mol. The molecule has 0 bridgehead atoms. The second-order valence-electron chi connectivity index (χ2n) is 4.99. The van der Waals surface area contributed by atoms with E-state index in [0.29, 0.717) is 0 Å². The Bertz CT molecular complexity index is 466. The van der Waals surface area contributed by atoms with Crippen molar-refractivity contribution in [2.45, 2.75) is 27.7 Å². The van der Waals surface area contributed by atoms with Crippen molar-refractivity contribution in [2.75, 3.05) is 0 Å². The van der Waals surface area contributed by atoms with Gasteiger partial charge >= 0.3 is 5.97 Å². The van der Waals surface area contributed by atoms with Crippen LogP contribution >= 0.6 is 0 Å². The van der Waals surface area contributed by atoms with Crippen LogP contribution in [-0.2, 0) is 9.63 Å². The predicted octanol–water partition coefficient (Wildman–Crippen LogP) is 2.03. The van der Waals surface area contributed by atoms with Gasteiger partial charge in [0, 0.05) is 24.3 Å². The van der Waals surface area contributed by atoms with E-state index in [1.807, 2.05) is 6.92 Å². The van der Waals surface area contributed by atoms with Gasteiger partial charge in [-0.05, 0) is 17.9 Å². The van der Waals surface area contributed by atoms with Gasteiger partial charge in [-0.15, -0.1) is 0 Å². The van der Waals surface area contributed by atoms with Crippen molar-refractivity contribution >= 4 is 11.7 Å². The zero-order valence-corrected chi connectivity index (χ0v) is 9.87. The first kappa shape index (κ1) is 10.9. The Kier molecular flexibility index (Phi) is 2.16. The molecule has 0 aromatic rings. The monoisotopic (exact) mass is 218 g/mol. The summed E-state index contributed by atoms with van der Waals surface area (Å²) in [5.74, 6) is 0.0639. The summed E-state index contributed by atoms with van der Waals surface area (Å²) in [4.78, 5) is 15.4. The Labute approximate surface area is 94.6 Å². The fourth-order valence-corrected chi connectivity index (χ4v) is 2.68. The zero-order valence-electron chi connectivity index (χ0n) is 9.87. The molecule has 4 nitrogen and oxygen atoms in total. The molecule has 2 aliphatic carbocycles. The van der Waals surface area contributed by atoms with E-state index in [1.54, 1.807) is 0 Å². The molecular formula is C12H14N2O2.